The number of hydrogen-bond donors (Lipinski definition) is 0. The molecule has 5 heteroatoms. The second-order valence-electron chi connectivity index (χ2n) is 8.33. The predicted octanol–water partition coefficient (Wildman–Crippen LogP) is 3.63. The second kappa shape index (κ2) is 8.00. The number of carbonyl (C=O) groups is 1. The minimum atomic E-state index is -0.127. The Bertz CT molecular complexity index is 848. The summed E-state index contributed by atoms with van der Waals surface area (Å²) >= 11 is 0. The first-order chi connectivity index (χ1) is 13.5. The third-order valence-corrected chi connectivity index (χ3v) is 6.28. The highest BCUT2D eigenvalue weighted by Gasteiger charge is 2.28. The molecule has 0 bridgehead atoms. The van der Waals surface area contributed by atoms with Crippen LogP contribution in [0.1, 0.15) is 66.4 Å². The summed E-state index contributed by atoms with van der Waals surface area (Å²) in [5.41, 5.74) is 4.51. The van der Waals surface area contributed by atoms with Crippen LogP contribution in [-0.4, -0.2) is 45.8 Å². The number of benzene rings is 1. The number of aromatic nitrogens is 2. The first kappa shape index (κ1) is 19.1. The van der Waals surface area contributed by atoms with E-state index in [0.717, 1.165) is 48.6 Å². The maximum Gasteiger partial charge on any atom is 0.230 e. The molecule has 0 aliphatic carbocycles. The highest BCUT2D eigenvalue weighted by Crippen LogP contribution is 2.29. The number of hydrogen-bond acceptors (Lipinski definition) is 4. The van der Waals surface area contributed by atoms with Gasteiger partial charge in [0.05, 0.1) is 17.7 Å². The lowest BCUT2D eigenvalue weighted by molar-refractivity contribution is -0.133. The van der Waals surface area contributed by atoms with Crippen LogP contribution < -0.4 is 0 Å². The van der Waals surface area contributed by atoms with Crippen molar-refractivity contribution in [3.8, 4) is 0 Å². The standard InChI is InChI=1S/C23H30N4O/c1-16-7-9-18(10-8-16)17(2)23(28)27-13-11-20-19(15-27)14-24-22(25-20)21-6-4-5-12-26(21)3/h7-10,14,17,21H,4-6,11-13,15H2,1-3H3/t17-,21+/m0/s1. The molecule has 1 aromatic heterocycles. The minimum Gasteiger partial charge on any atom is -0.337 e. The van der Waals surface area contributed by atoms with E-state index < -0.39 is 0 Å². The van der Waals surface area contributed by atoms with Gasteiger partial charge in [-0.05, 0) is 45.8 Å². The van der Waals surface area contributed by atoms with Crippen molar-refractivity contribution in [3.63, 3.8) is 0 Å². The maximum absolute atomic E-state index is 13.0. The Morgan fingerprint density at radius 2 is 1.96 bits per heavy atom. The van der Waals surface area contributed by atoms with Crippen LogP contribution in [0.2, 0.25) is 0 Å². The molecule has 148 valence electrons. The lowest BCUT2D eigenvalue weighted by Crippen LogP contribution is -2.39. The van der Waals surface area contributed by atoms with Crippen LogP contribution in [0.3, 0.4) is 0 Å². The normalized spacial score (nSPS) is 21.2. The van der Waals surface area contributed by atoms with Gasteiger partial charge in [0.2, 0.25) is 5.91 Å². The number of carbonyl (C=O) groups excluding carboxylic acids is 1. The van der Waals surface area contributed by atoms with E-state index in [1.807, 2.05) is 18.0 Å². The second-order valence-corrected chi connectivity index (χ2v) is 8.33. The summed E-state index contributed by atoms with van der Waals surface area (Å²) in [6, 6.07) is 8.60. The molecular formula is C23H30N4O. The Morgan fingerprint density at radius 1 is 1.18 bits per heavy atom. The molecular weight excluding hydrogens is 348 g/mol. The van der Waals surface area contributed by atoms with Crippen LogP contribution in [0.5, 0.6) is 0 Å². The zero-order valence-electron chi connectivity index (χ0n) is 17.2. The SMILES string of the molecule is Cc1ccc([C@H](C)C(=O)N2CCc3nc([C@H]4CCCCN4C)ncc3C2)cc1. The monoisotopic (exact) mass is 378 g/mol. The molecule has 1 fully saturated rings. The molecule has 2 aliphatic heterocycles. The van der Waals surface area contributed by atoms with Crippen molar-refractivity contribution in [1.82, 2.24) is 19.8 Å². The van der Waals surface area contributed by atoms with Crippen LogP contribution in [-0.2, 0) is 17.8 Å². The molecule has 0 unspecified atom stereocenters. The van der Waals surface area contributed by atoms with Crippen LogP contribution in [0.15, 0.2) is 30.5 Å². The van der Waals surface area contributed by atoms with Crippen LogP contribution in [0, 0.1) is 6.92 Å². The molecule has 3 heterocycles. The molecule has 0 spiro atoms. The molecule has 4 rings (SSSR count). The van der Waals surface area contributed by atoms with Gasteiger partial charge in [0.25, 0.3) is 0 Å². The van der Waals surface area contributed by atoms with Crippen LogP contribution in [0.4, 0.5) is 0 Å². The number of fused-ring (bicyclic) bond motifs is 1. The van der Waals surface area contributed by atoms with Crippen molar-refractivity contribution in [2.75, 3.05) is 20.1 Å². The predicted molar refractivity (Wildman–Crippen MR) is 110 cm³/mol. The molecule has 2 atom stereocenters. The van der Waals surface area contributed by atoms with Gasteiger partial charge in [-0.1, -0.05) is 36.2 Å². The highest BCUT2D eigenvalue weighted by atomic mass is 16.2. The average Bonchev–Trinajstić information content (AvgIpc) is 2.73. The minimum absolute atomic E-state index is 0.127. The summed E-state index contributed by atoms with van der Waals surface area (Å²) in [4.78, 5) is 26.9. The van der Waals surface area contributed by atoms with Gasteiger partial charge in [0.15, 0.2) is 0 Å². The summed E-state index contributed by atoms with van der Waals surface area (Å²) in [6.07, 6.45) is 6.40. The number of aryl methyl sites for hydroxylation is 1. The van der Waals surface area contributed by atoms with Gasteiger partial charge >= 0.3 is 0 Å². The van der Waals surface area contributed by atoms with E-state index in [1.165, 1.54) is 18.4 Å². The fourth-order valence-electron chi connectivity index (χ4n) is 4.35. The van der Waals surface area contributed by atoms with E-state index in [1.54, 1.807) is 0 Å². The van der Waals surface area contributed by atoms with Gasteiger partial charge in [-0.3, -0.25) is 9.69 Å². The van der Waals surface area contributed by atoms with Crippen molar-refractivity contribution in [2.24, 2.45) is 0 Å². The molecule has 5 nitrogen and oxygen atoms in total. The Balaban J connectivity index is 1.47. The van der Waals surface area contributed by atoms with Gasteiger partial charge < -0.3 is 4.90 Å². The van der Waals surface area contributed by atoms with Crippen LogP contribution in [0.25, 0.3) is 0 Å². The molecule has 2 aromatic rings. The average molecular weight is 379 g/mol. The van der Waals surface area contributed by atoms with Crippen LogP contribution >= 0.6 is 0 Å². The molecule has 1 aromatic carbocycles. The van der Waals surface area contributed by atoms with E-state index in [4.69, 9.17) is 4.98 Å². The van der Waals surface area contributed by atoms with E-state index in [-0.39, 0.29) is 11.8 Å². The quantitative estimate of drug-likeness (QED) is 0.818. The summed E-state index contributed by atoms with van der Waals surface area (Å²) in [5, 5.41) is 0. The zero-order chi connectivity index (χ0) is 19.7. The van der Waals surface area contributed by atoms with Crippen molar-refractivity contribution in [1.29, 1.82) is 0 Å². The van der Waals surface area contributed by atoms with Crippen molar-refractivity contribution < 1.29 is 4.79 Å². The first-order valence-electron chi connectivity index (χ1n) is 10.4. The smallest absolute Gasteiger partial charge is 0.230 e. The molecule has 0 saturated carbocycles. The van der Waals surface area contributed by atoms with Gasteiger partial charge in [-0.15, -0.1) is 0 Å². The molecule has 0 radical (unpaired) electrons. The van der Waals surface area contributed by atoms with Gasteiger partial charge in [-0.2, -0.15) is 0 Å². The Morgan fingerprint density at radius 3 is 2.71 bits per heavy atom. The first-order valence-corrected chi connectivity index (χ1v) is 10.4. The van der Waals surface area contributed by atoms with E-state index in [2.05, 4.69) is 48.1 Å². The Hall–Kier alpha value is -2.27. The molecule has 2 aliphatic rings. The van der Waals surface area contributed by atoms with Crippen molar-refractivity contribution >= 4 is 5.91 Å². The maximum atomic E-state index is 13.0. The summed E-state index contributed by atoms with van der Waals surface area (Å²) in [7, 11) is 2.17. The van der Waals surface area contributed by atoms with Gasteiger partial charge in [0, 0.05) is 31.3 Å². The van der Waals surface area contributed by atoms with Gasteiger partial charge in [0.1, 0.15) is 5.82 Å². The lowest BCUT2D eigenvalue weighted by Gasteiger charge is -2.33. The zero-order valence-corrected chi connectivity index (χ0v) is 17.2. The topological polar surface area (TPSA) is 49.3 Å². The fourth-order valence-corrected chi connectivity index (χ4v) is 4.35. The number of nitrogens with zero attached hydrogens (tertiary/aromatic N) is 4. The van der Waals surface area contributed by atoms with E-state index in [0.29, 0.717) is 12.6 Å². The number of rotatable bonds is 3. The number of piperidine rings is 1. The number of likely N-dealkylation sites (tertiary alicyclic amines) is 1. The third-order valence-electron chi connectivity index (χ3n) is 6.28. The van der Waals surface area contributed by atoms with Crippen molar-refractivity contribution in [3.05, 3.63) is 58.7 Å². The summed E-state index contributed by atoms with van der Waals surface area (Å²) in [5.74, 6) is 1.01. The molecule has 28 heavy (non-hydrogen) atoms. The Labute approximate surface area is 167 Å². The molecule has 1 saturated heterocycles. The molecule has 1 amide bonds. The number of amides is 1. The van der Waals surface area contributed by atoms with E-state index >= 15 is 0 Å². The largest absolute Gasteiger partial charge is 0.337 e. The fraction of sp³-hybridized carbons (Fsp3) is 0.522. The summed E-state index contributed by atoms with van der Waals surface area (Å²) < 4.78 is 0. The lowest BCUT2D eigenvalue weighted by atomic mass is 9.97. The third kappa shape index (κ3) is 3.81. The van der Waals surface area contributed by atoms with Crippen molar-refractivity contribution in [2.45, 2.75) is 58.0 Å². The van der Waals surface area contributed by atoms with E-state index in [9.17, 15) is 4.79 Å². The molecule has 0 N–H and O–H groups in total. The highest BCUT2D eigenvalue weighted by molar-refractivity contribution is 5.83. The Kier molecular flexibility index (Phi) is 5.44. The summed E-state index contributed by atoms with van der Waals surface area (Å²) in [6.45, 7) is 6.53. The van der Waals surface area contributed by atoms with Gasteiger partial charge in [-0.25, -0.2) is 9.97 Å².